The number of anilines is 1. The molecule has 2 amide bonds. The minimum Gasteiger partial charge on any atom is -0.361 e. The molecule has 0 spiro atoms. The van der Waals surface area contributed by atoms with Crippen molar-refractivity contribution >= 4 is 39.4 Å². The number of H-pyrrole nitrogens is 2. The number of hydrogen-bond donors (Lipinski definition) is 4. The van der Waals surface area contributed by atoms with E-state index in [1.54, 1.807) is 6.07 Å². The van der Waals surface area contributed by atoms with Crippen molar-refractivity contribution in [3.8, 4) is 0 Å². The summed E-state index contributed by atoms with van der Waals surface area (Å²) in [4.78, 5) is 35.1. The predicted molar refractivity (Wildman–Crippen MR) is 134 cm³/mol. The van der Waals surface area contributed by atoms with Crippen LogP contribution in [0.4, 0.5) is 5.69 Å². The summed E-state index contributed by atoms with van der Waals surface area (Å²) in [6.45, 7) is 2.04. The minimum absolute atomic E-state index is 0.0946. The maximum absolute atomic E-state index is 12.7. The first-order chi connectivity index (χ1) is 16.5. The van der Waals surface area contributed by atoms with Gasteiger partial charge < -0.3 is 20.6 Å². The zero-order valence-electron chi connectivity index (χ0n) is 18.8. The van der Waals surface area contributed by atoms with E-state index in [2.05, 4.69) is 31.7 Å². The van der Waals surface area contributed by atoms with Crippen LogP contribution in [0, 0.1) is 0 Å². The smallest absolute Gasteiger partial charge is 0.251 e. The Labute approximate surface area is 196 Å². The van der Waals surface area contributed by atoms with Crippen molar-refractivity contribution in [1.29, 1.82) is 0 Å². The van der Waals surface area contributed by atoms with Crippen molar-refractivity contribution in [2.75, 3.05) is 11.9 Å². The molecule has 0 saturated heterocycles. The number of aromatic nitrogens is 3. The lowest BCUT2D eigenvalue weighted by Crippen LogP contribution is -2.25. The van der Waals surface area contributed by atoms with E-state index in [4.69, 9.17) is 0 Å². The molecule has 4 N–H and O–H groups in total. The molecule has 0 unspecified atom stereocenters. The summed E-state index contributed by atoms with van der Waals surface area (Å²) in [7, 11) is 0. The standard InChI is InChI=1S/C27H25N5O2/c1-17(33)30-21-9-6-18(7-10-21)14-26-31-24-11-8-19(15-25(24)32-26)27(34)28-13-12-20-16-29-23-5-3-2-4-22(20)23/h2-11,15-16,29H,12-14H2,1H3,(H,28,34)(H,30,33)(H,31,32). The number of amides is 2. The molecular weight excluding hydrogens is 426 g/mol. The van der Waals surface area contributed by atoms with Gasteiger partial charge in [-0.1, -0.05) is 30.3 Å². The first-order valence-electron chi connectivity index (χ1n) is 11.2. The van der Waals surface area contributed by atoms with Crippen LogP contribution in [0.25, 0.3) is 21.9 Å². The maximum Gasteiger partial charge on any atom is 0.251 e. The molecule has 2 heterocycles. The topological polar surface area (TPSA) is 103 Å². The van der Waals surface area contributed by atoms with Crippen LogP contribution < -0.4 is 10.6 Å². The van der Waals surface area contributed by atoms with E-state index < -0.39 is 0 Å². The van der Waals surface area contributed by atoms with Gasteiger partial charge in [0.2, 0.25) is 5.91 Å². The van der Waals surface area contributed by atoms with E-state index in [9.17, 15) is 9.59 Å². The third-order valence-electron chi connectivity index (χ3n) is 5.79. The molecule has 3 aromatic carbocycles. The van der Waals surface area contributed by atoms with Gasteiger partial charge in [0.15, 0.2) is 0 Å². The monoisotopic (exact) mass is 451 g/mol. The van der Waals surface area contributed by atoms with E-state index >= 15 is 0 Å². The number of para-hydroxylation sites is 1. The van der Waals surface area contributed by atoms with Crippen LogP contribution in [0.15, 0.2) is 72.9 Å². The van der Waals surface area contributed by atoms with Crippen LogP contribution in [-0.2, 0) is 17.6 Å². The van der Waals surface area contributed by atoms with E-state index in [1.807, 2.05) is 60.8 Å². The minimum atomic E-state index is -0.105. The molecule has 170 valence electrons. The second-order valence-corrected chi connectivity index (χ2v) is 8.34. The van der Waals surface area contributed by atoms with Crippen LogP contribution in [-0.4, -0.2) is 33.3 Å². The maximum atomic E-state index is 12.7. The van der Waals surface area contributed by atoms with Crippen molar-refractivity contribution in [1.82, 2.24) is 20.3 Å². The van der Waals surface area contributed by atoms with Crippen molar-refractivity contribution in [3.05, 3.63) is 95.4 Å². The average Bonchev–Trinajstić information content (AvgIpc) is 3.43. The molecular formula is C27H25N5O2. The van der Waals surface area contributed by atoms with Gasteiger partial charge in [0.1, 0.15) is 5.82 Å². The quantitative estimate of drug-likeness (QED) is 0.292. The fourth-order valence-corrected chi connectivity index (χ4v) is 4.14. The van der Waals surface area contributed by atoms with Crippen molar-refractivity contribution in [2.24, 2.45) is 0 Å². The van der Waals surface area contributed by atoms with Gasteiger partial charge in [0.25, 0.3) is 5.91 Å². The molecule has 0 aliphatic heterocycles. The number of benzene rings is 3. The Morgan fingerprint density at radius 2 is 1.79 bits per heavy atom. The number of nitrogens with one attached hydrogen (secondary N) is 4. The lowest BCUT2D eigenvalue weighted by atomic mass is 10.1. The number of carbonyl (C=O) groups excluding carboxylic acids is 2. The largest absolute Gasteiger partial charge is 0.361 e. The van der Waals surface area contributed by atoms with Gasteiger partial charge in [0, 0.05) is 48.2 Å². The van der Waals surface area contributed by atoms with E-state index in [0.29, 0.717) is 18.5 Å². The summed E-state index contributed by atoms with van der Waals surface area (Å²) in [5, 5.41) is 6.97. The van der Waals surface area contributed by atoms with Crippen molar-refractivity contribution in [2.45, 2.75) is 19.8 Å². The van der Waals surface area contributed by atoms with Gasteiger partial charge in [-0.25, -0.2) is 4.98 Å². The zero-order valence-corrected chi connectivity index (χ0v) is 18.8. The van der Waals surface area contributed by atoms with Crippen LogP contribution in [0.1, 0.15) is 34.2 Å². The highest BCUT2D eigenvalue weighted by molar-refractivity contribution is 5.97. The third kappa shape index (κ3) is 4.68. The van der Waals surface area contributed by atoms with E-state index in [1.165, 1.54) is 17.9 Å². The fraction of sp³-hybridized carbons (Fsp3) is 0.148. The number of fused-ring (bicyclic) bond motifs is 2. The molecule has 34 heavy (non-hydrogen) atoms. The molecule has 2 aromatic heterocycles. The number of imidazole rings is 1. The summed E-state index contributed by atoms with van der Waals surface area (Å²) >= 11 is 0. The molecule has 7 heteroatoms. The second-order valence-electron chi connectivity index (χ2n) is 8.34. The highest BCUT2D eigenvalue weighted by atomic mass is 16.2. The summed E-state index contributed by atoms with van der Waals surface area (Å²) in [6.07, 6.45) is 3.39. The molecule has 0 saturated carbocycles. The summed E-state index contributed by atoms with van der Waals surface area (Å²) in [5.41, 5.74) is 6.38. The number of nitrogens with zero attached hydrogens (tertiary/aromatic N) is 1. The first kappa shape index (κ1) is 21.5. The normalized spacial score (nSPS) is 11.1. The van der Waals surface area contributed by atoms with Gasteiger partial charge in [-0.3, -0.25) is 9.59 Å². The highest BCUT2D eigenvalue weighted by Gasteiger charge is 2.10. The zero-order chi connectivity index (χ0) is 23.5. The van der Waals surface area contributed by atoms with Crippen LogP contribution in [0.5, 0.6) is 0 Å². The first-order valence-corrected chi connectivity index (χ1v) is 11.2. The number of rotatable bonds is 7. The molecule has 5 aromatic rings. The lowest BCUT2D eigenvalue weighted by molar-refractivity contribution is -0.114. The van der Waals surface area contributed by atoms with Crippen LogP contribution >= 0.6 is 0 Å². The summed E-state index contributed by atoms with van der Waals surface area (Å²) in [6, 6.07) is 21.3. The Bertz CT molecular complexity index is 1480. The SMILES string of the molecule is CC(=O)Nc1ccc(Cc2nc3ccc(C(=O)NCCc4c[nH]c5ccccc45)cc3[nH]2)cc1. The number of aromatic amines is 2. The Morgan fingerprint density at radius 3 is 2.62 bits per heavy atom. The molecule has 5 rings (SSSR count). The Kier molecular flexibility index (Phi) is 5.82. The number of hydrogen-bond acceptors (Lipinski definition) is 3. The third-order valence-corrected chi connectivity index (χ3v) is 5.79. The molecule has 0 radical (unpaired) electrons. The fourth-order valence-electron chi connectivity index (χ4n) is 4.14. The van der Waals surface area contributed by atoms with Gasteiger partial charge >= 0.3 is 0 Å². The molecule has 0 fully saturated rings. The molecule has 0 atom stereocenters. The van der Waals surface area contributed by atoms with Gasteiger partial charge in [-0.15, -0.1) is 0 Å². The Balaban J connectivity index is 1.22. The Morgan fingerprint density at radius 1 is 0.971 bits per heavy atom. The van der Waals surface area contributed by atoms with Crippen LogP contribution in [0.3, 0.4) is 0 Å². The molecule has 7 nitrogen and oxygen atoms in total. The Hall–Kier alpha value is -4.39. The molecule has 0 bridgehead atoms. The van der Waals surface area contributed by atoms with Gasteiger partial charge in [0.05, 0.1) is 11.0 Å². The molecule has 0 aliphatic rings. The predicted octanol–water partition coefficient (Wildman–Crippen LogP) is 4.57. The van der Waals surface area contributed by atoms with Crippen molar-refractivity contribution in [3.63, 3.8) is 0 Å². The van der Waals surface area contributed by atoms with E-state index in [-0.39, 0.29) is 11.8 Å². The van der Waals surface area contributed by atoms with Gasteiger partial charge in [-0.05, 0) is 53.9 Å². The average molecular weight is 452 g/mol. The highest BCUT2D eigenvalue weighted by Crippen LogP contribution is 2.19. The second kappa shape index (κ2) is 9.23. The summed E-state index contributed by atoms with van der Waals surface area (Å²) < 4.78 is 0. The summed E-state index contributed by atoms with van der Waals surface area (Å²) in [5.74, 6) is 0.619. The van der Waals surface area contributed by atoms with Gasteiger partial charge in [-0.2, -0.15) is 0 Å². The van der Waals surface area contributed by atoms with Crippen molar-refractivity contribution < 1.29 is 9.59 Å². The number of carbonyl (C=O) groups is 2. The molecule has 0 aliphatic carbocycles. The van der Waals surface area contributed by atoms with Crippen LogP contribution in [0.2, 0.25) is 0 Å². The lowest BCUT2D eigenvalue weighted by Gasteiger charge is -2.05. The van der Waals surface area contributed by atoms with E-state index in [0.717, 1.165) is 40.0 Å².